The third kappa shape index (κ3) is 3.46. The third-order valence-corrected chi connectivity index (χ3v) is 7.03. The predicted octanol–water partition coefficient (Wildman–Crippen LogP) is 8.47. The van der Waals surface area contributed by atoms with Gasteiger partial charge in [0.05, 0.1) is 11.0 Å². The Morgan fingerprint density at radius 3 is 2.27 bits per heavy atom. The summed E-state index contributed by atoms with van der Waals surface area (Å²) in [7, 11) is 0. The van der Waals surface area contributed by atoms with Crippen LogP contribution in [0, 0.1) is 0 Å². The summed E-state index contributed by atoms with van der Waals surface area (Å²) in [6, 6.07) is 39.6. The molecule has 0 fully saturated rings. The minimum Gasteiger partial charge on any atom is -0.455 e. The maximum Gasteiger partial charge on any atom is 0.155 e. The van der Waals surface area contributed by atoms with Gasteiger partial charge in [-0.3, -0.25) is 0 Å². The lowest BCUT2D eigenvalue weighted by atomic mass is 10.0. The van der Waals surface area contributed by atoms with Gasteiger partial charge in [0.2, 0.25) is 0 Å². The van der Waals surface area contributed by atoms with Crippen molar-refractivity contribution in [3.05, 3.63) is 121 Å². The number of hydrogen-bond donors (Lipinski definition) is 0. The smallest absolute Gasteiger partial charge is 0.155 e. The van der Waals surface area contributed by atoms with E-state index < -0.39 is 0 Å². The number of nitrogens with zero attached hydrogens (tertiary/aromatic N) is 3. The second-order valence-corrected chi connectivity index (χ2v) is 9.10. The SMILES string of the molecule is C=NC(=NCn1c2ccccc2c2ccc(-c3cccc4c3oc3ccccc34)cc21)c1ccccc1. The summed E-state index contributed by atoms with van der Waals surface area (Å²) in [5, 5.41) is 4.66. The number of rotatable bonds is 4. The van der Waals surface area contributed by atoms with Crippen molar-refractivity contribution < 1.29 is 4.42 Å². The van der Waals surface area contributed by atoms with Gasteiger partial charge < -0.3 is 8.98 Å². The first-order valence-corrected chi connectivity index (χ1v) is 12.3. The van der Waals surface area contributed by atoms with E-state index >= 15 is 0 Å². The van der Waals surface area contributed by atoms with Crippen LogP contribution in [0.1, 0.15) is 5.56 Å². The van der Waals surface area contributed by atoms with Gasteiger partial charge in [0.25, 0.3) is 0 Å². The van der Waals surface area contributed by atoms with Gasteiger partial charge in [-0.1, -0.05) is 97.1 Å². The quantitative estimate of drug-likeness (QED) is 0.185. The van der Waals surface area contributed by atoms with E-state index in [1.54, 1.807) is 0 Å². The summed E-state index contributed by atoms with van der Waals surface area (Å²) in [4.78, 5) is 9.08. The Morgan fingerprint density at radius 2 is 1.41 bits per heavy atom. The van der Waals surface area contributed by atoms with Crippen molar-refractivity contribution in [3.8, 4) is 11.1 Å². The lowest BCUT2D eigenvalue weighted by Gasteiger charge is -2.08. The highest BCUT2D eigenvalue weighted by Crippen LogP contribution is 2.38. The number of benzene rings is 5. The van der Waals surface area contributed by atoms with Crippen molar-refractivity contribution in [3.63, 3.8) is 0 Å². The molecule has 4 heteroatoms. The topological polar surface area (TPSA) is 42.8 Å². The summed E-state index contributed by atoms with van der Waals surface area (Å²) in [5.74, 6) is 0.634. The summed E-state index contributed by atoms with van der Waals surface area (Å²) in [6.07, 6.45) is 0. The maximum absolute atomic E-state index is 6.33. The molecule has 0 N–H and O–H groups in total. The van der Waals surface area contributed by atoms with Crippen LogP contribution in [0.25, 0.3) is 54.9 Å². The van der Waals surface area contributed by atoms with Crippen LogP contribution in [0.4, 0.5) is 0 Å². The molecular weight excluding hydrogens is 454 g/mol. The molecule has 0 aliphatic rings. The first-order chi connectivity index (χ1) is 18.3. The highest BCUT2D eigenvalue weighted by Gasteiger charge is 2.15. The Kier molecular flexibility index (Phi) is 4.96. The number of hydrogen-bond acceptors (Lipinski definition) is 2. The monoisotopic (exact) mass is 477 g/mol. The standard InChI is InChI=1S/C33H23N3O/c1-34-33(22-10-3-2-4-11-22)35-21-36-29-16-7-5-12-25(29)26-19-18-23(20-30(26)36)24-14-9-15-28-27-13-6-8-17-31(27)37-32(24)28/h2-20H,1,21H2. The van der Waals surface area contributed by atoms with E-state index in [4.69, 9.17) is 9.41 Å². The molecule has 0 bridgehead atoms. The third-order valence-electron chi connectivity index (χ3n) is 7.03. The van der Waals surface area contributed by atoms with Crippen LogP contribution in [0.15, 0.2) is 130 Å². The lowest BCUT2D eigenvalue weighted by molar-refractivity contribution is 0.670. The molecule has 0 atom stereocenters. The van der Waals surface area contributed by atoms with Gasteiger partial charge in [-0.2, -0.15) is 0 Å². The second kappa shape index (κ2) is 8.61. The first kappa shape index (κ1) is 21.3. The molecule has 4 nitrogen and oxygen atoms in total. The molecule has 7 aromatic rings. The van der Waals surface area contributed by atoms with Gasteiger partial charge in [-0.25, -0.2) is 9.98 Å². The molecule has 0 aliphatic carbocycles. The van der Waals surface area contributed by atoms with Crippen molar-refractivity contribution in [1.29, 1.82) is 0 Å². The molecule has 0 saturated heterocycles. The van der Waals surface area contributed by atoms with Gasteiger partial charge in [-0.15, -0.1) is 0 Å². The molecule has 2 aromatic heterocycles. The Morgan fingerprint density at radius 1 is 0.676 bits per heavy atom. The van der Waals surface area contributed by atoms with Gasteiger partial charge >= 0.3 is 0 Å². The zero-order chi connectivity index (χ0) is 24.8. The van der Waals surface area contributed by atoms with E-state index in [0.717, 1.165) is 49.7 Å². The molecule has 7 rings (SSSR count). The summed E-state index contributed by atoms with van der Waals surface area (Å²) in [5.41, 5.74) is 7.20. The van der Waals surface area contributed by atoms with Crippen LogP contribution in [-0.4, -0.2) is 17.1 Å². The predicted molar refractivity (Wildman–Crippen MR) is 155 cm³/mol. The van der Waals surface area contributed by atoms with Crippen LogP contribution in [0.2, 0.25) is 0 Å². The van der Waals surface area contributed by atoms with E-state index in [2.05, 4.69) is 89.1 Å². The maximum atomic E-state index is 6.33. The molecule has 176 valence electrons. The summed E-state index contributed by atoms with van der Waals surface area (Å²) < 4.78 is 8.58. The van der Waals surface area contributed by atoms with Crippen LogP contribution >= 0.6 is 0 Å². The Bertz CT molecular complexity index is 1980. The summed E-state index contributed by atoms with van der Waals surface area (Å²) >= 11 is 0. The van der Waals surface area contributed by atoms with E-state index in [0.29, 0.717) is 12.5 Å². The molecule has 0 saturated carbocycles. The minimum atomic E-state index is 0.436. The van der Waals surface area contributed by atoms with Crippen LogP contribution < -0.4 is 0 Å². The molecule has 0 aliphatic heterocycles. The average molecular weight is 478 g/mol. The molecular formula is C33H23N3O. The fourth-order valence-corrected chi connectivity index (χ4v) is 5.30. The lowest BCUT2D eigenvalue weighted by Crippen LogP contribution is -2.02. The normalized spacial score (nSPS) is 12.2. The van der Waals surface area contributed by atoms with Gasteiger partial charge in [0, 0.05) is 32.7 Å². The zero-order valence-corrected chi connectivity index (χ0v) is 20.1. The summed E-state index contributed by atoms with van der Waals surface area (Å²) in [6.45, 7) is 4.20. The zero-order valence-electron chi connectivity index (χ0n) is 20.1. The molecule has 2 heterocycles. The van der Waals surface area contributed by atoms with E-state index in [1.165, 1.54) is 10.8 Å². The molecule has 0 amide bonds. The minimum absolute atomic E-state index is 0.436. The number of amidine groups is 1. The van der Waals surface area contributed by atoms with Gasteiger partial charge in [-0.05, 0) is 30.5 Å². The van der Waals surface area contributed by atoms with Crippen molar-refractivity contribution in [2.45, 2.75) is 6.67 Å². The van der Waals surface area contributed by atoms with Crippen LogP contribution in [0.3, 0.4) is 0 Å². The molecule has 0 unspecified atom stereocenters. The second-order valence-electron chi connectivity index (χ2n) is 9.10. The Labute approximate surface area is 213 Å². The highest BCUT2D eigenvalue weighted by atomic mass is 16.3. The van der Waals surface area contributed by atoms with Crippen molar-refractivity contribution in [2.75, 3.05) is 0 Å². The first-order valence-electron chi connectivity index (χ1n) is 12.3. The fourth-order valence-electron chi connectivity index (χ4n) is 5.30. The Hall–Kier alpha value is -4.96. The highest BCUT2D eigenvalue weighted by molar-refractivity contribution is 6.12. The average Bonchev–Trinajstić information content (AvgIpc) is 3.49. The largest absolute Gasteiger partial charge is 0.455 e. The van der Waals surface area contributed by atoms with Crippen LogP contribution in [0.5, 0.6) is 0 Å². The van der Waals surface area contributed by atoms with Crippen molar-refractivity contribution in [2.24, 2.45) is 9.98 Å². The molecule has 37 heavy (non-hydrogen) atoms. The molecule has 5 aromatic carbocycles. The van der Waals surface area contributed by atoms with E-state index in [1.807, 2.05) is 42.5 Å². The number of aromatic nitrogens is 1. The van der Waals surface area contributed by atoms with Crippen molar-refractivity contribution >= 4 is 56.3 Å². The molecule has 0 spiro atoms. The number of para-hydroxylation sites is 3. The Balaban J connectivity index is 1.42. The van der Waals surface area contributed by atoms with Crippen molar-refractivity contribution in [1.82, 2.24) is 4.57 Å². The number of aliphatic imine (C=N–C) groups is 2. The molecule has 0 radical (unpaired) electrons. The number of fused-ring (bicyclic) bond motifs is 6. The van der Waals surface area contributed by atoms with E-state index in [-0.39, 0.29) is 0 Å². The fraction of sp³-hybridized carbons (Fsp3) is 0.0303. The van der Waals surface area contributed by atoms with Crippen LogP contribution in [-0.2, 0) is 6.67 Å². The van der Waals surface area contributed by atoms with E-state index in [9.17, 15) is 0 Å². The van der Waals surface area contributed by atoms with Gasteiger partial charge in [0.1, 0.15) is 17.8 Å². The van der Waals surface area contributed by atoms with Gasteiger partial charge in [0.15, 0.2) is 5.84 Å². The number of furan rings is 1.